The van der Waals surface area contributed by atoms with Crippen LogP contribution in [0.4, 0.5) is 5.69 Å². The van der Waals surface area contributed by atoms with Gasteiger partial charge in [-0.05, 0) is 55.3 Å². The number of rotatable bonds is 9. The number of aryl methyl sites for hydroxylation is 1. The third-order valence-electron chi connectivity index (χ3n) is 4.39. The smallest absolute Gasteiger partial charge is 0.262 e. The Labute approximate surface area is 177 Å². The van der Waals surface area contributed by atoms with E-state index in [1.54, 1.807) is 0 Å². The second-order valence-electron chi connectivity index (χ2n) is 6.81. The molecule has 0 bridgehead atoms. The van der Waals surface area contributed by atoms with Crippen molar-refractivity contribution in [3.8, 4) is 5.75 Å². The zero-order valence-corrected chi connectivity index (χ0v) is 17.5. The van der Waals surface area contributed by atoms with E-state index in [1.807, 2.05) is 61.5 Å². The van der Waals surface area contributed by atoms with Crippen molar-refractivity contribution in [2.45, 2.75) is 18.2 Å². The SMILES string of the molecule is Cc1ccc(NC(=O)COc2ccc(S(=O)(=O)NCCc3ccccc3)cc2)cc1. The first kappa shape index (κ1) is 21.5. The van der Waals surface area contributed by atoms with E-state index in [2.05, 4.69) is 10.0 Å². The first-order valence-electron chi connectivity index (χ1n) is 9.55. The summed E-state index contributed by atoms with van der Waals surface area (Å²) >= 11 is 0. The normalized spacial score (nSPS) is 11.1. The topological polar surface area (TPSA) is 84.5 Å². The number of hydrogen-bond donors (Lipinski definition) is 2. The van der Waals surface area contributed by atoms with Crippen LogP contribution in [0.1, 0.15) is 11.1 Å². The van der Waals surface area contributed by atoms with Crippen LogP contribution in [0.25, 0.3) is 0 Å². The highest BCUT2D eigenvalue weighted by molar-refractivity contribution is 7.89. The Morgan fingerprint density at radius 1 is 0.900 bits per heavy atom. The van der Waals surface area contributed by atoms with Gasteiger partial charge in [-0.25, -0.2) is 13.1 Å². The Bertz CT molecular complexity index is 1060. The summed E-state index contributed by atoms with van der Waals surface area (Å²) in [6, 6.07) is 23.1. The lowest BCUT2D eigenvalue weighted by Gasteiger charge is -2.10. The molecule has 1 amide bonds. The number of amides is 1. The molecule has 3 rings (SSSR count). The number of hydrogen-bond acceptors (Lipinski definition) is 4. The molecule has 0 saturated heterocycles. The summed E-state index contributed by atoms with van der Waals surface area (Å²) in [5, 5.41) is 2.74. The highest BCUT2D eigenvalue weighted by Gasteiger charge is 2.13. The van der Waals surface area contributed by atoms with Crippen LogP contribution >= 0.6 is 0 Å². The average Bonchev–Trinajstić information content (AvgIpc) is 2.75. The lowest BCUT2D eigenvalue weighted by atomic mass is 10.2. The third-order valence-corrected chi connectivity index (χ3v) is 5.86. The summed E-state index contributed by atoms with van der Waals surface area (Å²) < 4.78 is 32.9. The lowest BCUT2D eigenvalue weighted by Crippen LogP contribution is -2.26. The molecule has 7 heteroatoms. The van der Waals surface area contributed by atoms with Gasteiger partial charge in [-0.15, -0.1) is 0 Å². The third kappa shape index (κ3) is 6.43. The van der Waals surface area contributed by atoms with Gasteiger partial charge in [0.15, 0.2) is 6.61 Å². The Morgan fingerprint density at radius 3 is 2.23 bits per heavy atom. The Kier molecular flexibility index (Phi) is 7.21. The fraction of sp³-hybridized carbons (Fsp3) is 0.174. The van der Waals surface area contributed by atoms with Gasteiger partial charge in [0.25, 0.3) is 5.91 Å². The van der Waals surface area contributed by atoms with E-state index >= 15 is 0 Å². The Balaban J connectivity index is 1.48. The Morgan fingerprint density at radius 2 is 1.57 bits per heavy atom. The highest BCUT2D eigenvalue weighted by Crippen LogP contribution is 2.16. The molecule has 0 unspecified atom stereocenters. The van der Waals surface area contributed by atoms with Crippen LogP contribution < -0.4 is 14.8 Å². The summed E-state index contributed by atoms with van der Waals surface area (Å²) in [7, 11) is -3.61. The van der Waals surface area contributed by atoms with E-state index in [-0.39, 0.29) is 17.4 Å². The number of nitrogens with one attached hydrogen (secondary N) is 2. The van der Waals surface area contributed by atoms with E-state index in [0.29, 0.717) is 24.4 Å². The first-order chi connectivity index (χ1) is 14.4. The van der Waals surface area contributed by atoms with Crippen LogP contribution in [-0.2, 0) is 21.2 Å². The molecule has 2 N–H and O–H groups in total. The minimum Gasteiger partial charge on any atom is -0.484 e. The maximum atomic E-state index is 12.4. The van der Waals surface area contributed by atoms with Crippen LogP contribution in [0.15, 0.2) is 83.8 Å². The molecule has 3 aromatic rings. The average molecular weight is 425 g/mol. The summed E-state index contributed by atoms with van der Waals surface area (Å²) in [6.45, 7) is 2.11. The summed E-state index contributed by atoms with van der Waals surface area (Å²) in [5.74, 6) is 0.121. The second kappa shape index (κ2) is 10.0. The van der Waals surface area contributed by atoms with Gasteiger partial charge < -0.3 is 10.1 Å². The van der Waals surface area contributed by atoms with Crippen LogP contribution in [0.2, 0.25) is 0 Å². The number of benzene rings is 3. The summed E-state index contributed by atoms with van der Waals surface area (Å²) in [5.41, 5.74) is 2.86. The van der Waals surface area contributed by atoms with Crippen molar-refractivity contribution in [1.82, 2.24) is 4.72 Å². The fourth-order valence-electron chi connectivity index (χ4n) is 2.76. The molecule has 0 radical (unpaired) electrons. The number of ether oxygens (including phenoxy) is 1. The van der Waals surface area contributed by atoms with Crippen molar-refractivity contribution in [2.24, 2.45) is 0 Å². The maximum absolute atomic E-state index is 12.4. The summed E-state index contributed by atoms with van der Waals surface area (Å²) in [6.07, 6.45) is 0.608. The molecular weight excluding hydrogens is 400 g/mol. The molecule has 0 aromatic heterocycles. The van der Waals surface area contributed by atoms with Gasteiger partial charge in [0, 0.05) is 12.2 Å². The van der Waals surface area contributed by atoms with Gasteiger partial charge >= 0.3 is 0 Å². The van der Waals surface area contributed by atoms with Gasteiger partial charge in [-0.1, -0.05) is 48.0 Å². The molecule has 30 heavy (non-hydrogen) atoms. The molecule has 0 aliphatic carbocycles. The largest absolute Gasteiger partial charge is 0.484 e. The molecule has 0 fully saturated rings. The van der Waals surface area contributed by atoms with Crippen LogP contribution in [0, 0.1) is 6.92 Å². The monoisotopic (exact) mass is 424 g/mol. The van der Waals surface area contributed by atoms with Crippen molar-refractivity contribution in [3.05, 3.63) is 90.0 Å². The number of anilines is 1. The molecule has 0 atom stereocenters. The van der Waals surface area contributed by atoms with Crippen LogP contribution in [0.3, 0.4) is 0 Å². The van der Waals surface area contributed by atoms with Gasteiger partial charge in [0.2, 0.25) is 10.0 Å². The number of carbonyl (C=O) groups excluding carboxylic acids is 1. The number of carbonyl (C=O) groups is 1. The first-order valence-corrected chi connectivity index (χ1v) is 11.0. The molecule has 0 aliphatic rings. The minimum absolute atomic E-state index is 0.145. The van der Waals surface area contributed by atoms with Gasteiger partial charge in [0.05, 0.1) is 4.90 Å². The maximum Gasteiger partial charge on any atom is 0.262 e. The van der Waals surface area contributed by atoms with Crippen molar-refractivity contribution >= 4 is 21.6 Å². The number of sulfonamides is 1. The van der Waals surface area contributed by atoms with E-state index in [4.69, 9.17) is 4.74 Å². The zero-order valence-electron chi connectivity index (χ0n) is 16.7. The van der Waals surface area contributed by atoms with Crippen molar-refractivity contribution in [2.75, 3.05) is 18.5 Å². The zero-order chi connectivity index (χ0) is 21.4. The quantitative estimate of drug-likeness (QED) is 0.550. The molecule has 3 aromatic carbocycles. The van der Waals surface area contributed by atoms with E-state index in [9.17, 15) is 13.2 Å². The predicted octanol–water partition coefficient (Wildman–Crippen LogP) is 3.53. The lowest BCUT2D eigenvalue weighted by molar-refractivity contribution is -0.118. The van der Waals surface area contributed by atoms with Crippen LogP contribution in [0.5, 0.6) is 5.75 Å². The van der Waals surface area contributed by atoms with E-state index in [0.717, 1.165) is 11.1 Å². The standard InChI is InChI=1S/C23H24N2O4S/c1-18-7-9-20(10-8-18)25-23(26)17-29-21-11-13-22(14-12-21)30(27,28)24-16-15-19-5-3-2-4-6-19/h2-14,24H,15-17H2,1H3,(H,25,26). The van der Waals surface area contributed by atoms with Crippen molar-refractivity contribution < 1.29 is 17.9 Å². The minimum atomic E-state index is -3.61. The molecule has 0 saturated carbocycles. The van der Waals surface area contributed by atoms with Gasteiger partial charge in [-0.2, -0.15) is 0 Å². The second-order valence-corrected chi connectivity index (χ2v) is 8.57. The summed E-state index contributed by atoms with van der Waals surface area (Å²) in [4.78, 5) is 12.1. The van der Waals surface area contributed by atoms with Crippen LogP contribution in [-0.4, -0.2) is 27.5 Å². The Hall–Kier alpha value is -3.16. The molecule has 0 aliphatic heterocycles. The molecule has 0 spiro atoms. The molecular formula is C23H24N2O4S. The van der Waals surface area contributed by atoms with E-state index in [1.165, 1.54) is 24.3 Å². The van der Waals surface area contributed by atoms with Gasteiger partial charge in [0.1, 0.15) is 5.75 Å². The highest BCUT2D eigenvalue weighted by atomic mass is 32.2. The van der Waals surface area contributed by atoms with Crippen molar-refractivity contribution in [1.29, 1.82) is 0 Å². The molecule has 6 nitrogen and oxygen atoms in total. The molecule has 0 heterocycles. The van der Waals surface area contributed by atoms with Gasteiger partial charge in [-0.3, -0.25) is 4.79 Å². The molecule has 156 valence electrons. The van der Waals surface area contributed by atoms with Crippen molar-refractivity contribution in [3.63, 3.8) is 0 Å². The van der Waals surface area contributed by atoms with E-state index < -0.39 is 10.0 Å². The fourth-order valence-corrected chi connectivity index (χ4v) is 3.79. The predicted molar refractivity (Wildman–Crippen MR) is 117 cm³/mol.